The van der Waals surface area contributed by atoms with Crippen molar-refractivity contribution in [3.05, 3.63) is 47.8 Å². The fourth-order valence-corrected chi connectivity index (χ4v) is 2.24. The molecule has 0 radical (unpaired) electrons. The van der Waals surface area contributed by atoms with Crippen molar-refractivity contribution in [1.29, 1.82) is 0 Å². The first-order valence-electron chi connectivity index (χ1n) is 8.07. The van der Waals surface area contributed by atoms with Crippen LogP contribution in [-0.2, 0) is 6.42 Å². The number of benzene rings is 1. The third-order valence-corrected chi connectivity index (χ3v) is 3.64. The molecule has 0 aliphatic rings. The van der Waals surface area contributed by atoms with E-state index in [-0.39, 0.29) is 0 Å². The summed E-state index contributed by atoms with van der Waals surface area (Å²) in [6, 6.07) is 13.0. The van der Waals surface area contributed by atoms with Crippen LogP contribution in [0, 0.1) is 6.92 Å². The summed E-state index contributed by atoms with van der Waals surface area (Å²) in [4.78, 5) is 8.88. The van der Waals surface area contributed by atoms with Crippen molar-refractivity contribution in [1.82, 2.24) is 9.97 Å². The normalized spacial score (nSPS) is 12.0. The fraction of sp³-hybridized carbons (Fsp3) is 0.444. The predicted octanol–water partition coefficient (Wildman–Crippen LogP) is 4.04. The van der Waals surface area contributed by atoms with E-state index in [2.05, 4.69) is 64.8 Å². The lowest BCUT2D eigenvalue weighted by Crippen LogP contribution is -2.15. The first-order chi connectivity index (χ1) is 10.7. The average molecular weight is 298 g/mol. The summed E-state index contributed by atoms with van der Waals surface area (Å²) in [5, 5.41) is 6.79. The monoisotopic (exact) mass is 298 g/mol. The minimum Gasteiger partial charge on any atom is -0.370 e. The molecular weight excluding hydrogens is 272 g/mol. The second kappa shape index (κ2) is 8.37. The Hall–Kier alpha value is -2.10. The van der Waals surface area contributed by atoms with Crippen molar-refractivity contribution in [2.45, 2.75) is 46.1 Å². The van der Waals surface area contributed by atoms with Crippen LogP contribution in [0.4, 0.5) is 11.6 Å². The number of nitrogens with one attached hydrogen (secondary N) is 2. The molecule has 0 amide bonds. The Kier molecular flexibility index (Phi) is 6.19. The van der Waals surface area contributed by atoms with Crippen LogP contribution in [0.1, 0.15) is 38.1 Å². The first-order valence-corrected chi connectivity index (χ1v) is 8.07. The highest BCUT2D eigenvalue weighted by Gasteiger charge is 2.04. The van der Waals surface area contributed by atoms with Gasteiger partial charge in [0.2, 0.25) is 0 Å². The van der Waals surface area contributed by atoms with Gasteiger partial charge in [-0.1, -0.05) is 37.3 Å². The van der Waals surface area contributed by atoms with E-state index in [4.69, 9.17) is 0 Å². The maximum absolute atomic E-state index is 4.45. The molecule has 0 fully saturated rings. The van der Waals surface area contributed by atoms with Crippen LogP contribution < -0.4 is 10.6 Å². The predicted molar refractivity (Wildman–Crippen MR) is 93.4 cm³/mol. The molecule has 22 heavy (non-hydrogen) atoms. The summed E-state index contributed by atoms with van der Waals surface area (Å²) >= 11 is 0. The minimum absolute atomic E-state index is 0.417. The van der Waals surface area contributed by atoms with E-state index in [0.29, 0.717) is 6.04 Å². The van der Waals surface area contributed by atoms with Crippen molar-refractivity contribution in [3.8, 4) is 0 Å². The maximum Gasteiger partial charge on any atom is 0.132 e. The van der Waals surface area contributed by atoms with Gasteiger partial charge in [0.15, 0.2) is 0 Å². The van der Waals surface area contributed by atoms with Gasteiger partial charge in [-0.3, -0.25) is 0 Å². The summed E-state index contributed by atoms with van der Waals surface area (Å²) in [5.41, 5.74) is 1.38. The molecule has 1 heterocycles. The van der Waals surface area contributed by atoms with Gasteiger partial charge in [0.1, 0.15) is 17.5 Å². The van der Waals surface area contributed by atoms with E-state index in [1.807, 2.05) is 13.0 Å². The topological polar surface area (TPSA) is 49.8 Å². The average Bonchev–Trinajstić information content (AvgIpc) is 2.52. The lowest BCUT2D eigenvalue weighted by atomic mass is 10.1. The lowest BCUT2D eigenvalue weighted by Gasteiger charge is -2.14. The number of aromatic nitrogens is 2. The number of rotatable bonds is 8. The molecule has 0 saturated heterocycles. The van der Waals surface area contributed by atoms with Crippen LogP contribution >= 0.6 is 0 Å². The van der Waals surface area contributed by atoms with E-state index >= 15 is 0 Å². The highest BCUT2D eigenvalue weighted by molar-refractivity contribution is 5.47. The van der Waals surface area contributed by atoms with Gasteiger partial charge >= 0.3 is 0 Å². The van der Waals surface area contributed by atoms with Crippen LogP contribution in [0.3, 0.4) is 0 Å². The quantitative estimate of drug-likeness (QED) is 0.722. The van der Waals surface area contributed by atoms with Gasteiger partial charge in [-0.05, 0) is 38.7 Å². The van der Waals surface area contributed by atoms with E-state index in [1.54, 1.807) is 0 Å². The lowest BCUT2D eigenvalue weighted by molar-refractivity contribution is 0.757. The van der Waals surface area contributed by atoms with Crippen molar-refractivity contribution in [2.24, 2.45) is 0 Å². The van der Waals surface area contributed by atoms with Gasteiger partial charge in [0, 0.05) is 18.7 Å². The van der Waals surface area contributed by atoms with Crippen molar-refractivity contribution < 1.29 is 0 Å². The molecule has 0 aliphatic heterocycles. The zero-order chi connectivity index (χ0) is 15.8. The van der Waals surface area contributed by atoms with Crippen molar-refractivity contribution >= 4 is 11.6 Å². The molecule has 4 nitrogen and oxygen atoms in total. The minimum atomic E-state index is 0.417. The van der Waals surface area contributed by atoms with E-state index < -0.39 is 0 Å². The summed E-state index contributed by atoms with van der Waals surface area (Å²) in [7, 11) is 0. The molecule has 0 bridgehead atoms. The number of aryl methyl sites for hydroxylation is 2. The summed E-state index contributed by atoms with van der Waals surface area (Å²) < 4.78 is 0. The molecule has 0 aliphatic carbocycles. The van der Waals surface area contributed by atoms with Gasteiger partial charge in [-0.2, -0.15) is 0 Å². The summed E-state index contributed by atoms with van der Waals surface area (Å²) in [6.45, 7) is 7.16. The zero-order valence-electron chi connectivity index (χ0n) is 13.8. The Balaban J connectivity index is 1.84. The molecule has 2 N–H and O–H groups in total. The van der Waals surface area contributed by atoms with Gasteiger partial charge in [0.25, 0.3) is 0 Å². The van der Waals surface area contributed by atoms with Crippen molar-refractivity contribution in [3.63, 3.8) is 0 Å². The molecule has 2 rings (SSSR count). The van der Waals surface area contributed by atoms with Gasteiger partial charge in [0.05, 0.1) is 0 Å². The van der Waals surface area contributed by atoms with Gasteiger partial charge < -0.3 is 10.6 Å². The number of nitrogens with zero attached hydrogens (tertiary/aromatic N) is 2. The summed E-state index contributed by atoms with van der Waals surface area (Å²) in [5.74, 6) is 2.58. The van der Waals surface area contributed by atoms with E-state index in [9.17, 15) is 0 Å². The second-order valence-electron chi connectivity index (χ2n) is 5.66. The Morgan fingerprint density at radius 3 is 2.55 bits per heavy atom. The maximum atomic E-state index is 4.45. The molecule has 1 atom stereocenters. The van der Waals surface area contributed by atoms with Crippen molar-refractivity contribution in [2.75, 3.05) is 17.2 Å². The highest BCUT2D eigenvalue weighted by Crippen LogP contribution is 2.13. The zero-order valence-corrected chi connectivity index (χ0v) is 13.8. The molecule has 118 valence electrons. The third-order valence-electron chi connectivity index (χ3n) is 3.64. The Morgan fingerprint density at radius 1 is 1.09 bits per heavy atom. The molecule has 1 aromatic carbocycles. The largest absolute Gasteiger partial charge is 0.370 e. The number of hydrogen-bond donors (Lipinski definition) is 2. The fourth-order valence-electron chi connectivity index (χ4n) is 2.24. The molecule has 2 aromatic rings. The van der Waals surface area contributed by atoms with Crippen LogP contribution in [0.15, 0.2) is 36.4 Å². The van der Waals surface area contributed by atoms with E-state index in [0.717, 1.165) is 43.3 Å². The number of hydrogen-bond acceptors (Lipinski definition) is 4. The molecular formula is C18H26N4. The van der Waals surface area contributed by atoms with Crippen LogP contribution in [0.2, 0.25) is 0 Å². The van der Waals surface area contributed by atoms with Crippen LogP contribution in [-0.4, -0.2) is 22.6 Å². The summed E-state index contributed by atoms with van der Waals surface area (Å²) in [6.07, 6.45) is 3.24. The smallest absolute Gasteiger partial charge is 0.132 e. The SMILES string of the molecule is CCC(C)Nc1cc(NCCCc2ccccc2)nc(C)n1. The first kappa shape index (κ1) is 16.3. The molecule has 1 aromatic heterocycles. The standard InChI is InChI=1S/C18H26N4/c1-4-14(2)20-18-13-17(21-15(3)22-18)19-12-8-11-16-9-6-5-7-10-16/h5-7,9-10,13-14H,4,8,11-12H2,1-3H3,(H2,19,20,21,22). The number of anilines is 2. The van der Waals surface area contributed by atoms with Crippen LogP contribution in [0.25, 0.3) is 0 Å². The molecule has 0 saturated carbocycles. The highest BCUT2D eigenvalue weighted by atomic mass is 15.1. The Bertz CT molecular complexity index is 569. The van der Waals surface area contributed by atoms with E-state index in [1.165, 1.54) is 5.56 Å². The molecule has 1 unspecified atom stereocenters. The Morgan fingerprint density at radius 2 is 1.82 bits per heavy atom. The molecule has 4 heteroatoms. The van der Waals surface area contributed by atoms with Gasteiger partial charge in [-0.25, -0.2) is 9.97 Å². The Labute approximate surface area is 133 Å². The van der Waals surface area contributed by atoms with Gasteiger partial charge in [-0.15, -0.1) is 0 Å². The van der Waals surface area contributed by atoms with Crippen LogP contribution in [0.5, 0.6) is 0 Å². The second-order valence-corrected chi connectivity index (χ2v) is 5.66. The molecule has 0 spiro atoms. The third kappa shape index (κ3) is 5.35.